The monoisotopic (exact) mass is 846 g/mol. The van der Waals surface area contributed by atoms with E-state index in [1.807, 2.05) is 0 Å². The Bertz CT molecular complexity index is 4040. The molecule has 14 rings (SSSR count). The van der Waals surface area contributed by atoms with Crippen molar-refractivity contribution >= 4 is 64.6 Å². The number of fused-ring (bicyclic) bond motifs is 13. The molecule has 0 radical (unpaired) electrons. The first-order chi connectivity index (χ1) is 33.3. The molecule has 0 unspecified atom stereocenters. The molecule has 0 aromatic heterocycles. The molecule has 0 aliphatic heterocycles. The van der Waals surface area contributed by atoms with Crippen LogP contribution in [0.1, 0.15) is 22.3 Å². The number of hydrogen-bond acceptors (Lipinski definition) is 0. The Morgan fingerprint density at radius 2 is 0.642 bits per heavy atom. The van der Waals surface area contributed by atoms with Crippen LogP contribution in [0, 0.1) is 0 Å². The third kappa shape index (κ3) is 5.42. The van der Waals surface area contributed by atoms with Gasteiger partial charge in [0, 0.05) is 0 Å². The summed E-state index contributed by atoms with van der Waals surface area (Å²) >= 11 is 0. The lowest BCUT2D eigenvalue weighted by Gasteiger charge is -2.36. The van der Waals surface area contributed by atoms with Gasteiger partial charge in [-0.1, -0.05) is 237 Å². The van der Waals surface area contributed by atoms with Gasteiger partial charge in [0.15, 0.2) is 0 Å². The molecule has 0 heteroatoms. The Balaban J connectivity index is 1.12. The molecule has 13 aromatic carbocycles. The van der Waals surface area contributed by atoms with Crippen LogP contribution in [0.2, 0.25) is 0 Å². The van der Waals surface area contributed by atoms with Gasteiger partial charge < -0.3 is 0 Å². The molecular weight excluding hydrogens is 805 g/mol. The fourth-order valence-corrected chi connectivity index (χ4v) is 12.2. The van der Waals surface area contributed by atoms with Gasteiger partial charge in [0.1, 0.15) is 0 Å². The van der Waals surface area contributed by atoms with Gasteiger partial charge >= 0.3 is 0 Å². The van der Waals surface area contributed by atoms with Crippen LogP contribution in [0.4, 0.5) is 0 Å². The first kappa shape index (κ1) is 37.8. The second-order valence-corrected chi connectivity index (χ2v) is 18.2. The minimum atomic E-state index is -0.612. The molecule has 310 valence electrons. The van der Waals surface area contributed by atoms with Crippen LogP contribution in [0.3, 0.4) is 0 Å². The van der Waals surface area contributed by atoms with Crippen molar-refractivity contribution in [2.45, 2.75) is 5.41 Å². The van der Waals surface area contributed by atoms with Crippen LogP contribution < -0.4 is 0 Å². The Morgan fingerprint density at radius 1 is 0.209 bits per heavy atom. The van der Waals surface area contributed by atoms with Gasteiger partial charge in [-0.2, -0.15) is 0 Å². The number of hydrogen-bond donors (Lipinski definition) is 0. The molecule has 0 saturated carbocycles. The standard InChI is InChI=1S/C67H42/c1-3-24-48(25-4-1)67(49-26-5-2-6-27-49)65-58-36-17-11-30-52(58)60(42-61(65)64-53-31-12-9-28-50(53)51-29-10-18-37-59(51)66(64)67)63-56-34-15-13-32-54(56)62(55-33-14-16-35-57(55)63)47-23-19-22-45(41-47)46-39-38-43-20-7-8-21-44(43)40-46/h1-42H. The third-order valence-electron chi connectivity index (χ3n) is 14.8. The summed E-state index contributed by atoms with van der Waals surface area (Å²) in [5, 5.41) is 15.1. The minimum absolute atomic E-state index is 0.612. The van der Waals surface area contributed by atoms with Crippen LogP contribution >= 0.6 is 0 Å². The van der Waals surface area contributed by atoms with E-state index in [0.29, 0.717) is 0 Å². The zero-order valence-electron chi connectivity index (χ0n) is 36.7. The number of benzene rings is 13. The van der Waals surface area contributed by atoms with Crippen LogP contribution in [0.25, 0.3) is 109 Å². The van der Waals surface area contributed by atoms with Crippen LogP contribution in [0.15, 0.2) is 255 Å². The molecule has 1 aliphatic carbocycles. The van der Waals surface area contributed by atoms with Gasteiger partial charge in [0.25, 0.3) is 0 Å². The van der Waals surface area contributed by atoms with Crippen molar-refractivity contribution in [1.29, 1.82) is 0 Å². The van der Waals surface area contributed by atoms with Crippen LogP contribution in [-0.2, 0) is 5.41 Å². The maximum absolute atomic E-state index is 2.58. The highest BCUT2D eigenvalue weighted by atomic mass is 14.5. The molecule has 0 N–H and O–H groups in total. The summed E-state index contributed by atoms with van der Waals surface area (Å²) < 4.78 is 0. The highest BCUT2D eigenvalue weighted by molar-refractivity contribution is 6.26. The van der Waals surface area contributed by atoms with E-state index >= 15 is 0 Å². The average molecular weight is 847 g/mol. The maximum atomic E-state index is 2.58. The van der Waals surface area contributed by atoms with E-state index in [9.17, 15) is 0 Å². The van der Waals surface area contributed by atoms with Gasteiger partial charge in [-0.15, -0.1) is 0 Å². The molecule has 0 spiro atoms. The Kier molecular flexibility index (Phi) is 8.30. The number of rotatable bonds is 5. The van der Waals surface area contributed by atoms with E-state index in [4.69, 9.17) is 0 Å². The van der Waals surface area contributed by atoms with Crippen molar-refractivity contribution < 1.29 is 0 Å². The van der Waals surface area contributed by atoms with Gasteiger partial charge in [-0.25, -0.2) is 0 Å². The van der Waals surface area contributed by atoms with Gasteiger partial charge in [-0.05, 0) is 150 Å². The molecule has 0 bridgehead atoms. The van der Waals surface area contributed by atoms with Gasteiger partial charge in [0.2, 0.25) is 0 Å². The lowest BCUT2D eigenvalue weighted by molar-refractivity contribution is 0.783. The summed E-state index contributed by atoms with van der Waals surface area (Å²) in [7, 11) is 0. The molecule has 0 saturated heterocycles. The van der Waals surface area contributed by atoms with Crippen molar-refractivity contribution in [3.63, 3.8) is 0 Å². The van der Waals surface area contributed by atoms with Crippen molar-refractivity contribution in [3.8, 4) is 44.5 Å². The van der Waals surface area contributed by atoms with E-state index in [2.05, 4.69) is 255 Å². The van der Waals surface area contributed by atoms with E-state index < -0.39 is 5.41 Å². The van der Waals surface area contributed by atoms with Gasteiger partial charge in [-0.3, -0.25) is 0 Å². The molecule has 0 nitrogen and oxygen atoms in total. The first-order valence-corrected chi connectivity index (χ1v) is 23.4. The molecular formula is C67H42. The molecule has 67 heavy (non-hydrogen) atoms. The minimum Gasteiger partial charge on any atom is -0.0622 e. The lowest BCUT2D eigenvalue weighted by atomic mass is 9.65. The van der Waals surface area contributed by atoms with E-state index in [0.717, 1.165) is 0 Å². The Hall–Kier alpha value is -8.58. The second-order valence-electron chi connectivity index (χ2n) is 18.2. The molecule has 0 amide bonds. The quantitative estimate of drug-likeness (QED) is 0.120. The molecule has 0 fully saturated rings. The van der Waals surface area contributed by atoms with Crippen molar-refractivity contribution in [1.82, 2.24) is 0 Å². The van der Waals surface area contributed by atoms with Crippen LogP contribution in [0.5, 0.6) is 0 Å². The fourth-order valence-electron chi connectivity index (χ4n) is 12.2. The fraction of sp³-hybridized carbons (Fsp3) is 0.0149. The van der Waals surface area contributed by atoms with Crippen molar-refractivity contribution in [2.75, 3.05) is 0 Å². The molecule has 0 heterocycles. The smallest absolute Gasteiger partial charge is 0.0622 e. The van der Waals surface area contributed by atoms with Gasteiger partial charge in [0.05, 0.1) is 5.41 Å². The average Bonchev–Trinajstić information content (AvgIpc) is 3.73. The van der Waals surface area contributed by atoms with Crippen molar-refractivity contribution in [2.24, 2.45) is 0 Å². The summed E-state index contributed by atoms with van der Waals surface area (Å²) in [6.45, 7) is 0. The first-order valence-electron chi connectivity index (χ1n) is 23.4. The topological polar surface area (TPSA) is 0 Å². The summed E-state index contributed by atoms with van der Waals surface area (Å²) in [6.07, 6.45) is 0. The Morgan fingerprint density at radius 3 is 1.25 bits per heavy atom. The summed E-state index contributed by atoms with van der Waals surface area (Å²) in [6, 6.07) is 95.5. The van der Waals surface area contributed by atoms with Crippen molar-refractivity contribution in [3.05, 3.63) is 277 Å². The molecule has 0 atom stereocenters. The van der Waals surface area contributed by atoms with E-state index in [1.54, 1.807) is 0 Å². The molecule has 13 aromatic rings. The molecule has 1 aliphatic rings. The van der Waals surface area contributed by atoms with E-state index in [1.165, 1.54) is 131 Å². The predicted molar refractivity (Wildman–Crippen MR) is 285 cm³/mol. The summed E-state index contributed by atoms with van der Waals surface area (Å²) in [5.74, 6) is 0. The summed E-state index contributed by atoms with van der Waals surface area (Å²) in [4.78, 5) is 0. The highest BCUT2D eigenvalue weighted by Crippen LogP contribution is 2.63. The van der Waals surface area contributed by atoms with E-state index in [-0.39, 0.29) is 0 Å². The normalized spacial score (nSPS) is 12.9. The predicted octanol–water partition coefficient (Wildman–Crippen LogP) is 18.0. The zero-order chi connectivity index (χ0) is 44.1. The SMILES string of the molecule is c1ccc(C2(c3ccccc3)c3c(cc(-c4c5ccccc5c(-c5cccc(-c6ccc7ccccc7c6)c5)c5ccccc45)c4ccccc34)-c3c2c2ccccc2c2ccccc32)cc1. The zero-order valence-corrected chi connectivity index (χ0v) is 36.7. The largest absolute Gasteiger partial charge is 0.0725 e. The second kappa shape index (κ2) is 14.7. The third-order valence-corrected chi connectivity index (χ3v) is 14.8. The van der Waals surface area contributed by atoms with Crippen LogP contribution in [-0.4, -0.2) is 0 Å². The highest BCUT2D eigenvalue weighted by Gasteiger charge is 2.49. The maximum Gasteiger partial charge on any atom is 0.0725 e. The lowest BCUT2D eigenvalue weighted by Crippen LogP contribution is -2.29. The Labute approximate surface area is 389 Å². The summed E-state index contributed by atoms with van der Waals surface area (Å²) in [5.41, 5.74) is 14.7.